The van der Waals surface area contributed by atoms with Crippen LogP contribution in [0.15, 0.2) is 237 Å². The third-order valence-electron chi connectivity index (χ3n) is 13.0. The highest BCUT2D eigenvalue weighted by molar-refractivity contribution is 6.22. The fourth-order valence-corrected chi connectivity index (χ4v) is 9.92. The molecule has 0 radical (unpaired) electrons. The van der Waals surface area contributed by atoms with Gasteiger partial charge in [0.15, 0.2) is 5.82 Å². The highest BCUT2D eigenvalue weighted by Crippen LogP contribution is 2.43. The summed E-state index contributed by atoms with van der Waals surface area (Å²) in [6, 6.07) is 81.9. The maximum Gasteiger partial charge on any atom is 0.166 e. The van der Waals surface area contributed by atoms with Crippen LogP contribution < -0.4 is 0 Å². The lowest BCUT2D eigenvalue weighted by Gasteiger charge is -2.17. The van der Waals surface area contributed by atoms with Crippen LogP contribution >= 0.6 is 0 Å². The molecule has 4 aromatic heterocycles. The van der Waals surface area contributed by atoms with Crippen LogP contribution in [-0.2, 0) is 0 Å². The molecule has 0 saturated heterocycles. The molecule has 0 aliphatic heterocycles. The van der Waals surface area contributed by atoms with Crippen molar-refractivity contribution in [1.29, 1.82) is 0 Å². The lowest BCUT2D eigenvalue weighted by atomic mass is 9.98. The Morgan fingerprint density at radius 1 is 0.303 bits per heavy atom. The van der Waals surface area contributed by atoms with Crippen molar-refractivity contribution in [3.05, 3.63) is 237 Å². The summed E-state index contributed by atoms with van der Waals surface area (Å²) < 4.78 is 4.71. The second-order valence-corrected chi connectivity index (χ2v) is 16.8. The molecule has 0 spiro atoms. The van der Waals surface area contributed by atoms with Gasteiger partial charge in [-0.1, -0.05) is 170 Å². The Bertz CT molecular complexity index is 3950. The van der Waals surface area contributed by atoms with Crippen molar-refractivity contribution in [2.24, 2.45) is 0 Å². The molecule has 4 heterocycles. The molecule has 13 aromatic rings. The number of hydrogen-bond donors (Lipinski definition) is 0. The normalized spacial score (nSPS) is 11.6. The Kier molecular flexibility index (Phi) is 8.78. The Hall–Kier alpha value is -8.93. The van der Waals surface area contributed by atoms with Crippen molar-refractivity contribution < 1.29 is 0 Å². The molecule has 0 bridgehead atoms. The number of nitrogens with zero attached hydrogens (tertiary/aromatic N) is 5. The number of hydrogen-bond acceptors (Lipinski definition) is 3. The van der Waals surface area contributed by atoms with Crippen molar-refractivity contribution in [2.45, 2.75) is 0 Å². The Morgan fingerprint density at radius 3 is 1.56 bits per heavy atom. The monoisotopic (exact) mass is 841 g/mol. The zero-order valence-electron chi connectivity index (χ0n) is 35.8. The van der Waals surface area contributed by atoms with Crippen molar-refractivity contribution >= 4 is 54.4 Å². The summed E-state index contributed by atoms with van der Waals surface area (Å²) >= 11 is 0. The second kappa shape index (κ2) is 15.4. The van der Waals surface area contributed by atoms with Crippen LogP contribution in [0.25, 0.3) is 122 Å². The molecule has 308 valence electrons. The van der Waals surface area contributed by atoms with Crippen molar-refractivity contribution in [3.8, 4) is 67.7 Å². The first-order chi connectivity index (χ1) is 32.7. The van der Waals surface area contributed by atoms with E-state index < -0.39 is 0 Å². The number of pyridine rings is 1. The summed E-state index contributed by atoms with van der Waals surface area (Å²) in [6.45, 7) is 0. The van der Waals surface area contributed by atoms with Gasteiger partial charge < -0.3 is 4.57 Å². The summed E-state index contributed by atoms with van der Waals surface area (Å²) in [5.74, 6) is 0.715. The zero-order chi connectivity index (χ0) is 43.6. The summed E-state index contributed by atoms with van der Waals surface area (Å²) in [5, 5.41) is 7.21. The van der Waals surface area contributed by atoms with Crippen LogP contribution in [0.5, 0.6) is 0 Å². The molecule has 0 amide bonds. The van der Waals surface area contributed by atoms with Gasteiger partial charge in [0.2, 0.25) is 0 Å². The first-order valence-corrected chi connectivity index (χ1v) is 22.4. The average Bonchev–Trinajstić information content (AvgIpc) is 3.91. The lowest BCUT2D eigenvalue weighted by molar-refractivity contribution is 1.05. The SMILES string of the molecule is c1ccc(-c2ccc3c4cc(-c5ccc6c(c5)c5c7ccccc7ccc5n6-c5ccccc5)ccc4n(-c4nc(-c5ccccc5)c(-c5ccccc5)nc4-c4ccccn4)c3c2)cc1. The molecule has 9 aromatic carbocycles. The molecular weight excluding hydrogens is 803 g/mol. The van der Waals surface area contributed by atoms with Gasteiger partial charge >= 0.3 is 0 Å². The van der Waals surface area contributed by atoms with Gasteiger partial charge in [-0.15, -0.1) is 0 Å². The highest BCUT2D eigenvalue weighted by atomic mass is 15.1. The minimum absolute atomic E-state index is 0.703. The number of fused-ring (bicyclic) bond motifs is 8. The van der Waals surface area contributed by atoms with E-state index in [1.807, 2.05) is 36.5 Å². The summed E-state index contributed by atoms with van der Waals surface area (Å²) in [6.07, 6.45) is 1.83. The first kappa shape index (κ1) is 37.6. The summed E-state index contributed by atoms with van der Waals surface area (Å²) in [7, 11) is 0. The van der Waals surface area contributed by atoms with E-state index in [0.29, 0.717) is 11.5 Å². The molecule has 5 heteroatoms. The number of aromatic nitrogens is 5. The van der Waals surface area contributed by atoms with Gasteiger partial charge in [0, 0.05) is 44.6 Å². The number of rotatable bonds is 7. The van der Waals surface area contributed by atoms with Crippen molar-refractivity contribution in [1.82, 2.24) is 24.1 Å². The molecule has 0 saturated carbocycles. The van der Waals surface area contributed by atoms with E-state index in [4.69, 9.17) is 15.0 Å². The van der Waals surface area contributed by atoms with Crippen LogP contribution in [0, 0.1) is 0 Å². The number of benzene rings is 9. The maximum absolute atomic E-state index is 5.69. The molecule has 66 heavy (non-hydrogen) atoms. The van der Waals surface area contributed by atoms with Crippen LogP contribution in [0.2, 0.25) is 0 Å². The smallest absolute Gasteiger partial charge is 0.166 e. The molecule has 13 rings (SSSR count). The maximum atomic E-state index is 5.69. The van der Waals surface area contributed by atoms with Gasteiger partial charge in [-0.25, -0.2) is 9.97 Å². The van der Waals surface area contributed by atoms with Crippen LogP contribution in [-0.4, -0.2) is 24.1 Å². The van der Waals surface area contributed by atoms with Crippen LogP contribution in [0.1, 0.15) is 0 Å². The minimum Gasteiger partial charge on any atom is -0.309 e. The van der Waals surface area contributed by atoms with Gasteiger partial charge in [0.25, 0.3) is 0 Å². The van der Waals surface area contributed by atoms with E-state index in [1.54, 1.807) is 0 Å². The highest BCUT2D eigenvalue weighted by Gasteiger charge is 2.24. The predicted molar refractivity (Wildman–Crippen MR) is 273 cm³/mol. The van der Waals surface area contributed by atoms with E-state index in [0.717, 1.165) is 78.0 Å². The van der Waals surface area contributed by atoms with Gasteiger partial charge in [0.05, 0.1) is 39.1 Å². The fourth-order valence-electron chi connectivity index (χ4n) is 9.92. The molecule has 0 N–H and O–H groups in total. The molecular formula is C61H39N5. The zero-order valence-corrected chi connectivity index (χ0v) is 35.8. The van der Waals surface area contributed by atoms with Gasteiger partial charge in [-0.2, -0.15) is 0 Å². The molecule has 0 aliphatic carbocycles. The Morgan fingerprint density at radius 2 is 0.864 bits per heavy atom. The molecule has 5 nitrogen and oxygen atoms in total. The van der Waals surface area contributed by atoms with Crippen molar-refractivity contribution in [2.75, 3.05) is 0 Å². The summed E-state index contributed by atoms with van der Waals surface area (Å²) in [4.78, 5) is 16.2. The standard InChI is InChI=1S/C61H39N5/c1-5-17-40(18-6-1)46-28-32-49-50-37-44(45-31-34-54-51(38-45)57-48-26-14-13-19-41(48)29-35-55(57)65(54)47-24-11-4-12-25-47)30-33-53(50)66(56(49)39-46)61-60(52-27-15-16-36-62-52)63-58(42-20-7-2-8-21-42)59(64-61)43-22-9-3-10-23-43/h1-39H. The minimum atomic E-state index is 0.703. The predicted octanol–water partition coefficient (Wildman–Crippen LogP) is 15.6. The van der Waals surface area contributed by atoms with E-state index >= 15 is 0 Å². The fraction of sp³-hybridized carbons (Fsp3) is 0. The summed E-state index contributed by atoms with van der Waals surface area (Å²) in [5.41, 5.74) is 15.2. The largest absolute Gasteiger partial charge is 0.309 e. The Labute approximate surface area is 381 Å². The topological polar surface area (TPSA) is 48.5 Å². The second-order valence-electron chi connectivity index (χ2n) is 16.8. The average molecular weight is 842 g/mol. The van der Waals surface area contributed by atoms with Gasteiger partial charge in [0.1, 0.15) is 5.69 Å². The molecule has 0 atom stereocenters. The quantitative estimate of drug-likeness (QED) is 0.161. The van der Waals surface area contributed by atoms with E-state index in [9.17, 15) is 0 Å². The Balaban J connectivity index is 1.09. The van der Waals surface area contributed by atoms with E-state index in [1.165, 1.54) is 32.6 Å². The van der Waals surface area contributed by atoms with E-state index in [2.05, 4.69) is 209 Å². The lowest BCUT2D eigenvalue weighted by Crippen LogP contribution is -2.07. The van der Waals surface area contributed by atoms with Crippen LogP contribution in [0.4, 0.5) is 0 Å². The molecule has 0 aliphatic rings. The number of para-hydroxylation sites is 1. The molecule has 0 fully saturated rings. The van der Waals surface area contributed by atoms with Gasteiger partial charge in [-0.05, 0) is 93.7 Å². The van der Waals surface area contributed by atoms with E-state index in [-0.39, 0.29) is 0 Å². The third kappa shape index (κ3) is 6.13. The third-order valence-corrected chi connectivity index (χ3v) is 13.0. The van der Waals surface area contributed by atoms with Crippen LogP contribution in [0.3, 0.4) is 0 Å². The van der Waals surface area contributed by atoms with Gasteiger partial charge in [-0.3, -0.25) is 9.55 Å². The van der Waals surface area contributed by atoms with Crippen molar-refractivity contribution in [3.63, 3.8) is 0 Å². The first-order valence-electron chi connectivity index (χ1n) is 22.4. The molecule has 0 unspecified atom stereocenters.